The van der Waals surface area contributed by atoms with Crippen molar-refractivity contribution in [3.05, 3.63) is 67.3 Å². The highest BCUT2D eigenvalue weighted by Crippen LogP contribution is 2.24. The van der Waals surface area contributed by atoms with Gasteiger partial charge in [-0.25, -0.2) is 9.97 Å². The Balaban J connectivity index is 1.91. The lowest BCUT2D eigenvalue weighted by molar-refractivity contribution is 1.22. The second-order valence-electron chi connectivity index (χ2n) is 4.71. The molecule has 0 unspecified atom stereocenters. The van der Waals surface area contributed by atoms with Crippen molar-refractivity contribution in [1.82, 2.24) is 15.0 Å². The predicted octanol–water partition coefficient (Wildman–Crippen LogP) is 3.85. The number of hydrogen-bond acceptors (Lipinski definition) is 3. The Morgan fingerprint density at radius 3 is 2.55 bits per heavy atom. The molecule has 0 bridgehead atoms. The Bertz CT molecular complexity index is 838. The fourth-order valence-corrected chi connectivity index (χ4v) is 2.37. The van der Waals surface area contributed by atoms with Crippen LogP contribution in [0.1, 0.15) is 0 Å². The first-order chi connectivity index (χ1) is 9.90. The summed E-state index contributed by atoms with van der Waals surface area (Å²) in [5.41, 5.74) is 2.97. The van der Waals surface area contributed by atoms with Crippen LogP contribution in [-0.4, -0.2) is 15.0 Å². The Kier molecular flexibility index (Phi) is 2.42. The molecule has 3 heteroatoms. The summed E-state index contributed by atoms with van der Waals surface area (Å²) in [7, 11) is 0. The van der Waals surface area contributed by atoms with E-state index in [4.69, 9.17) is 0 Å². The average Bonchev–Trinajstić information content (AvgIpc) is 2.54. The molecule has 0 spiro atoms. The van der Waals surface area contributed by atoms with Gasteiger partial charge in [0.2, 0.25) is 0 Å². The average molecular weight is 257 g/mol. The third-order valence-electron chi connectivity index (χ3n) is 3.43. The number of pyridine rings is 1. The van der Waals surface area contributed by atoms with E-state index in [1.54, 1.807) is 6.33 Å². The molecular weight excluding hydrogens is 246 g/mol. The van der Waals surface area contributed by atoms with Crippen LogP contribution in [0.15, 0.2) is 67.3 Å². The Labute approximate surface area is 116 Å². The number of rotatable bonds is 1. The van der Waals surface area contributed by atoms with Crippen molar-refractivity contribution in [3.8, 4) is 11.3 Å². The van der Waals surface area contributed by atoms with E-state index in [1.165, 1.54) is 5.39 Å². The SMILES string of the molecule is c1ccc2cc(-c3ccc4cncnc4c3)ncc2c1. The minimum Gasteiger partial charge on any atom is -0.256 e. The van der Waals surface area contributed by atoms with Gasteiger partial charge in [0.1, 0.15) is 6.33 Å². The number of fused-ring (bicyclic) bond motifs is 2. The lowest BCUT2D eigenvalue weighted by Gasteiger charge is -2.04. The highest BCUT2D eigenvalue weighted by Gasteiger charge is 2.03. The van der Waals surface area contributed by atoms with Gasteiger partial charge >= 0.3 is 0 Å². The standard InChI is InChI=1S/C17H11N3/c1-2-4-14-10-19-16(7-12(14)3-1)13-5-6-15-9-18-11-20-17(15)8-13/h1-11H. The summed E-state index contributed by atoms with van der Waals surface area (Å²) in [5, 5.41) is 3.39. The van der Waals surface area contributed by atoms with Crippen molar-refractivity contribution < 1.29 is 0 Å². The molecule has 20 heavy (non-hydrogen) atoms. The summed E-state index contributed by atoms with van der Waals surface area (Å²) in [4.78, 5) is 12.9. The first kappa shape index (κ1) is 11.1. The van der Waals surface area contributed by atoms with Gasteiger partial charge in [-0.3, -0.25) is 4.98 Å². The quantitative estimate of drug-likeness (QED) is 0.520. The van der Waals surface area contributed by atoms with Crippen molar-refractivity contribution in [2.75, 3.05) is 0 Å². The molecule has 4 rings (SSSR count). The van der Waals surface area contributed by atoms with Crippen LogP contribution in [0.25, 0.3) is 32.9 Å². The Morgan fingerprint density at radius 2 is 1.60 bits per heavy atom. The molecule has 0 radical (unpaired) electrons. The monoisotopic (exact) mass is 257 g/mol. The summed E-state index contributed by atoms with van der Waals surface area (Å²) in [6, 6.07) is 16.5. The van der Waals surface area contributed by atoms with E-state index in [9.17, 15) is 0 Å². The van der Waals surface area contributed by atoms with E-state index in [1.807, 2.05) is 36.7 Å². The van der Waals surface area contributed by atoms with E-state index >= 15 is 0 Å². The largest absolute Gasteiger partial charge is 0.256 e. The molecule has 2 aromatic carbocycles. The summed E-state index contributed by atoms with van der Waals surface area (Å²) < 4.78 is 0. The zero-order chi connectivity index (χ0) is 13.4. The maximum atomic E-state index is 4.54. The van der Waals surface area contributed by atoms with Crippen LogP contribution in [0.3, 0.4) is 0 Å². The van der Waals surface area contributed by atoms with E-state index in [-0.39, 0.29) is 0 Å². The molecule has 0 atom stereocenters. The van der Waals surface area contributed by atoms with E-state index in [0.717, 1.165) is 27.5 Å². The maximum Gasteiger partial charge on any atom is 0.116 e. The summed E-state index contributed by atoms with van der Waals surface area (Å²) in [6.07, 6.45) is 5.30. The minimum absolute atomic E-state index is 0.937. The van der Waals surface area contributed by atoms with Crippen molar-refractivity contribution in [3.63, 3.8) is 0 Å². The van der Waals surface area contributed by atoms with Gasteiger partial charge in [0.15, 0.2) is 0 Å². The van der Waals surface area contributed by atoms with Crippen LogP contribution < -0.4 is 0 Å². The van der Waals surface area contributed by atoms with Crippen LogP contribution in [0.4, 0.5) is 0 Å². The topological polar surface area (TPSA) is 38.7 Å². The van der Waals surface area contributed by atoms with Crippen LogP contribution >= 0.6 is 0 Å². The predicted molar refractivity (Wildman–Crippen MR) is 80.3 cm³/mol. The number of nitrogens with zero attached hydrogens (tertiary/aromatic N) is 3. The van der Waals surface area contributed by atoms with Gasteiger partial charge in [0.25, 0.3) is 0 Å². The van der Waals surface area contributed by atoms with Crippen LogP contribution in [0.5, 0.6) is 0 Å². The molecule has 2 aromatic heterocycles. The Morgan fingerprint density at radius 1 is 0.700 bits per heavy atom. The third-order valence-corrected chi connectivity index (χ3v) is 3.43. The van der Waals surface area contributed by atoms with Gasteiger partial charge in [-0.05, 0) is 17.5 Å². The zero-order valence-corrected chi connectivity index (χ0v) is 10.7. The van der Waals surface area contributed by atoms with Crippen molar-refractivity contribution in [1.29, 1.82) is 0 Å². The zero-order valence-electron chi connectivity index (χ0n) is 10.7. The van der Waals surface area contributed by atoms with Gasteiger partial charge in [-0.15, -0.1) is 0 Å². The summed E-state index contributed by atoms with van der Waals surface area (Å²) in [5.74, 6) is 0. The second kappa shape index (κ2) is 4.38. The highest BCUT2D eigenvalue weighted by atomic mass is 14.8. The molecule has 94 valence electrons. The first-order valence-electron chi connectivity index (χ1n) is 6.45. The van der Waals surface area contributed by atoms with Crippen LogP contribution in [-0.2, 0) is 0 Å². The smallest absolute Gasteiger partial charge is 0.116 e. The molecule has 0 saturated carbocycles. The first-order valence-corrected chi connectivity index (χ1v) is 6.45. The van der Waals surface area contributed by atoms with Crippen molar-refractivity contribution >= 4 is 21.7 Å². The van der Waals surface area contributed by atoms with E-state index in [0.29, 0.717) is 0 Å². The van der Waals surface area contributed by atoms with Crippen LogP contribution in [0, 0.1) is 0 Å². The second-order valence-corrected chi connectivity index (χ2v) is 4.71. The third kappa shape index (κ3) is 1.80. The van der Waals surface area contributed by atoms with Crippen molar-refractivity contribution in [2.24, 2.45) is 0 Å². The van der Waals surface area contributed by atoms with Crippen LogP contribution in [0.2, 0.25) is 0 Å². The van der Waals surface area contributed by atoms with Crippen molar-refractivity contribution in [2.45, 2.75) is 0 Å². The lowest BCUT2D eigenvalue weighted by Crippen LogP contribution is -1.86. The van der Waals surface area contributed by atoms with Gasteiger partial charge in [-0.1, -0.05) is 36.4 Å². The van der Waals surface area contributed by atoms with Gasteiger partial charge in [0, 0.05) is 28.7 Å². The molecular formula is C17H11N3. The molecule has 0 N–H and O–H groups in total. The summed E-state index contributed by atoms with van der Waals surface area (Å²) >= 11 is 0. The van der Waals surface area contributed by atoms with E-state index < -0.39 is 0 Å². The summed E-state index contributed by atoms with van der Waals surface area (Å²) in [6.45, 7) is 0. The Hall–Kier alpha value is -2.81. The fourth-order valence-electron chi connectivity index (χ4n) is 2.37. The number of hydrogen-bond donors (Lipinski definition) is 0. The van der Waals surface area contributed by atoms with Gasteiger partial charge in [0.05, 0.1) is 11.2 Å². The fraction of sp³-hybridized carbons (Fsp3) is 0. The molecule has 2 heterocycles. The minimum atomic E-state index is 0.937. The number of benzene rings is 2. The van der Waals surface area contributed by atoms with Gasteiger partial charge < -0.3 is 0 Å². The number of aromatic nitrogens is 3. The molecule has 0 aliphatic carbocycles. The lowest BCUT2D eigenvalue weighted by atomic mass is 10.1. The molecule has 0 aliphatic rings. The molecule has 0 fully saturated rings. The molecule has 0 saturated heterocycles. The van der Waals surface area contributed by atoms with Gasteiger partial charge in [-0.2, -0.15) is 0 Å². The molecule has 0 aliphatic heterocycles. The highest BCUT2D eigenvalue weighted by molar-refractivity contribution is 5.87. The molecule has 0 amide bonds. The molecule has 3 nitrogen and oxygen atoms in total. The molecule has 4 aromatic rings. The normalized spacial score (nSPS) is 11.0. The maximum absolute atomic E-state index is 4.54. The van der Waals surface area contributed by atoms with E-state index in [2.05, 4.69) is 39.2 Å².